The van der Waals surface area contributed by atoms with Crippen LogP contribution < -0.4 is 0 Å². The Bertz CT molecular complexity index is 1020. The lowest BCUT2D eigenvalue weighted by Crippen LogP contribution is -2.26. The molecule has 5 heteroatoms. The van der Waals surface area contributed by atoms with E-state index in [-0.39, 0.29) is 5.82 Å². The molecule has 2 nitrogen and oxygen atoms in total. The van der Waals surface area contributed by atoms with Gasteiger partial charge in [0.15, 0.2) is 11.6 Å². The fraction of sp³-hybridized carbons (Fsp3) is 0.238. The standard InChI is InChI=1S/C21H19F3N2/c1-13(14-3-5-15(22)6-4-14)11-26-20-7-8-25(2)12-17(20)16-9-18(23)19(24)10-21(16)26/h3-6,9-11H,7-8,12H2,1-2H3. The van der Waals surface area contributed by atoms with E-state index in [1.54, 1.807) is 12.1 Å². The van der Waals surface area contributed by atoms with Crippen molar-refractivity contribution in [3.8, 4) is 0 Å². The van der Waals surface area contributed by atoms with E-state index in [0.717, 1.165) is 40.7 Å². The van der Waals surface area contributed by atoms with Gasteiger partial charge in [-0.25, -0.2) is 13.2 Å². The van der Waals surface area contributed by atoms with Crippen LogP contribution in [0.5, 0.6) is 0 Å². The summed E-state index contributed by atoms with van der Waals surface area (Å²) in [6, 6.07) is 8.82. The van der Waals surface area contributed by atoms with Crippen LogP contribution in [-0.4, -0.2) is 23.1 Å². The Balaban J connectivity index is 1.93. The molecule has 2 aromatic carbocycles. The molecule has 0 amide bonds. The molecular weight excluding hydrogens is 337 g/mol. The smallest absolute Gasteiger partial charge is 0.160 e. The van der Waals surface area contributed by atoms with E-state index in [9.17, 15) is 13.2 Å². The lowest BCUT2D eigenvalue weighted by Gasteiger charge is -2.23. The van der Waals surface area contributed by atoms with Crippen LogP contribution in [0.1, 0.15) is 23.7 Å². The van der Waals surface area contributed by atoms with Crippen molar-refractivity contribution < 1.29 is 13.2 Å². The van der Waals surface area contributed by atoms with Crippen LogP contribution in [0.2, 0.25) is 0 Å². The van der Waals surface area contributed by atoms with Crippen molar-refractivity contribution >= 4 is 22.7 Å². The molecule has 26 heavy (non-hydrogen) atoms. The molecule has 0 aliphatic carbocycles. The molecule has 0 atom stereocenters. The Hall–Kier alpha value is -2.53. The van der Waals surface area contributed by atoms with Crippen molar-refractivity contribution in [1.82, 2.24) is 9.47 Å². The van der Waals surface area contributed by atoms with Gasteiger partial charge in [0.1, 0.15) is 5.82 Å². The van der Waals surface area contributed by atoms with Crippen LogP contribution in [0.4, 0.5) is 13.2 Å². The second-order valence-electron chi connectivity index (χ2n) is 6.89. The molecule has 3 aromatic rings. The van der Waals surface area contributed by atoms with Gasteiger partial charge in [-0.15, -0.1) is 0 Å². The Labute approximate surface area is 150 Å². The molecule has 0 radical (unpaired) electrons. The van der Waals surface area contributed by atoms with Gasteiger partial charge < -0.3 is 9.47 Å². The van der Waals surface area contributed by atoms with Gasteiger partial charge in [0, 0.05) is 42.9 Å². The largest absolute Gasteiger partial charge is 0.320 e. The number of hydrogen-bond acceptors (Lipinski definition) is 1. The molecule has 0 N–H and O–H groups in total. The molecule has 0 fully saturated rings. The first-order valence-electron chi connectivity index (χ1n) is 8.57. The molecule has 0 spiro atoms. The molecule has 0 unspecified atom stereocenters. The topological polar surface area (TPSA) is 8.17 Å². The van der Waals surface area contributed by atoms with E-state index in [0.29, 0.717) is 12.1 Å². The number of hydrogen-bond donors (Lipinski definition) is 0. The Morgan fingerprint density at radius 3 is 2.46 bits per heavy atom. The summed E-state index contributed by atoms with van der Waals surface area (Å²) < 4.78 is 42.9. The summed E-state index contributed by atoms with van der Waals surface area (Å²) in [4.78, 5) is 2.17. The second-order valence-corrected chi connectivity index (χ2v) is 6.89. The predicted octanol–water partition coefficient (Wildman–Crippen LogP) is 5.06. The molecule has 1 aromatic heterocycles. The Morgan fingerprint density at radius 2 is 1.73 bits per heavy atom. The lowest BCUT2D eigenvalue weighted by molar-refractivity contribution is 0.312. The minimum absolute atomic E-state index is 0.286. The molecule has 0 saturated heterocycles. The van der Waals surface area contributed by atoms with Gasteiger partial charge in [0.05, 0.1) is 5.52 Å². The summed E-state index contributed by atoms with van der Waals surface area (Å²) in [6.45, 7) is 3.52. The molecule has 1 aliphatic heterocycles. The van der Waals surface area contributed by atoms with Crippen molar-refractivity contribution in [2.75, 3.05) is 13.6 Å². The van der Waals surface area contributed by atoms with E-state index in [2.05, 4.69) is 4.90 Å². The van der Waals surface area contributed by atoms with Crippen LogP contribution in [0.25, 0.3) is 22.7 Å². The maximum absolute atomic E-state index is 13.9. The summed E-state index contributed by atoms with van der Waals surface area (Å²) in [6.07, 6.45) is 2.73. The van der Waals surface area contributed by atoms with E-state index >= 15 is 0 Å². The van der Waals surface area contributed by atoms with E-state index in [1.165, 1.54) is 24.3 Å². The number of nitrogens with zero attached hydrogens (tertiary/aromatic N) is 2. The van der Waals surface area contributed by atoms with Crippen LogP contribution in [0, 0.1) is 17.5 Å². The Kier molecular flexibility index (Phi) is 4.11. The van der Waals surface area contributed by atoms with Crippen molar-refractivity contribution in [3.63, 3.8) is 0 Å². The first kappa shape index (κ1) is 16.9. The predicted molar refractivity (Wildman–Crippen MR) is 98.1 cm³/mol. The first-order chi connectivity index (χ1) is 12.4. The summed E-state index contributed by atoms with van der Waals surface area (Å²) in [5.41, 5.74) is 4.58. The van der Waals surface area contributed by atoms with Gasteiger partial charge in [0.25, 0.3) is 0 Å². The normalized spacial score (nSPS) is 15.5. The van der Waals surface area contributed by atoms with Crippen LogP contribution >= 0.6 is 0 Å². The highest BCUT2D eigenvalue weighted by atomic mass is 19.2. The highest BCUT2D eigenvalue weighted by Gasteiger charge is 2.23. The number of aromatic nitrogens is 1. The molecular formula is C21H19F3N2. The highest BCUT2D eigenvalue weighted by molar-refractivity contribution is 5.90. The Morgan fingerprint density at radius 1 is 1.04 bits per heavy atom. The fourth-order valence-electron chi connectivity index (χ4n) is 3.65. The molecule has 0 saturated carbocycles. The van der Waals surface area contributed by atoms with Gasteiger partial charge >= 0.3 is 0 Å². The van der Waals surface area contributed by atoms with Gasteiger partial charge in [-0.1, -0.05) is 12.1 Å². The summed E-state index contributed by atoms with van der Waals surface area (Å²) >= 11 is 0. The van der Waals surface area contributed by atoms with Crippen LogP contribution in [-0.2, 0) is 13.0 Å². The molecule has 2 heterocycles. The number of likely N-dealkylation sites (N-methyl/N-ethyl adjacent to an activating group) is 1. The van der Waals surface area contributed by atoms with Crippen molar-refractivity contribution in [1.29, 1.82) is 0 Å². The summed E-state index contributed by atoms with van der Waals surface area (Å²) in [5.74, 6) is -1.97. The highest BCUT2D eigenvalue weighted by Crippen LogP contribution is 2.33. The SMILES string of the molecule is CC(=Cn1c2c(c3cc(F)c(F)cc31)CN(C)CC2)c1ccc(F)cc1. The number of fused-ring (bicyclic) bond motifs is 3. The summed E-state index contributed by atoms with van der Waals surface area (Å²) in [7, 11) is 2.02. The number of rotatable bonds is 2. The minimum atomic E-state index is -0.852. The maximum atomic E-state index is 13.9. The van der Waals surface area contributed by atoms with Gasteiger partial charge in [-0.2, -0.15) is 0 Å². The number of allylic oxidation sites excluding steroid dienone is 1. The molecule has 134 valence electrons. The average molecular weight is 356 g/mol. The maximum Gasteiger partial charge on any atom is 0.160 e. The third kappa shape index (κ3) is 2.82. The van der Waals surface area contributed by atoms with E-state index in [4.69, 9.17) is 0 Å². The third-order valence-corrected chi connectivity index (χ3v) is 5.04. The van der Waals surface area contributed by atoms with Gasteiger partial charge in [0.2, 0.25) is 0 Å². The molecule has 4 rings (SSSR count). The van der Waals surface area contributed by atoms with Crippen molar-refractivity contribution in [2.45, 2.75) is 19.9 Å². The third-order valence-electron chi connectivity index (χ3n) is 5.04. The zero-order valence-corrected chi connectivity index (χ0v) is 14.7. The quantitative estimate of drug-likeness (QED) is 0.623. The van der Waals surface area contributed by atoms with Gasteiger partial charge in [-0.3, -0.25) is 0 Å². The van der Waals surface area contributed by atoms with Crippen molar-refractivity contribution in [2.24, 2.45) is 0 Å². The van der Waals surface area contributed by atoms with Crippen molar-refractivity contribution in [3.05, 3.63) is 70.7 Å². The molecule has 0 bridgehead atoms. The number of benzene rings is 2. The van der Waals surface area contributed by atoms with Crippen LogP contribution in [0.3, 0.4) is 0 Å². The average Bonchev–Trinajstić information content (AvgIpc) is 2.88. The molecule has 1 aliphatic rings. The van der Waals surface area contributed by atoms with Gasteiger partial charge in [-0.05, 0) is 48.9 Å². The van der Waals surface area contributed by atoms with Crippen LogP contribution in [0.15, 0.2) is 36.4 Å². The zero-order valence-electron chi connectivity index (χ0n) is 14.7. The van der Waals surface area contributed by atoms with E-state index < -0.39 is 11.6 Å². The summed E-state index contributed by atoms with van der Waals surface area (Å²) in [5, 5.41) is 0.744. The first-order valence-corrected chi connectivity index (χ1v) is 8.57. The minimum Gasteiger partial charge on any atom is -0.320 e. The number of halogens is 3. The monoisotopic (exact) mass is 356 g/mol. The zero-order chi connectivity index (χ0) is 18.4. The van der Waals surface area contributed by atoms with E-state index in [1.807, 2.05) is 24.7 Å². The fourth-order valence-corrected chi connectivity index (χ4v) is 3.65. The second kappa shape index (κ2) is 6.32. The lowest BCUT2D eigenvalue weighted by atomic mass is 10.0.